The Kier molecular flexibility index (Phi) is 6.63. The van der Waals surface area contributed by atoms with Gasteiger partial charge in [-0.2, -0.15) is 5.10 Å². The molecule has 2 heterocycles. The van der Waals surface area contributed by atoms with Crippen LogP contribution >= 0.6 is 0 Å². The predicted molar refractivity (Wildman–Crippen MR) is 130 cm³/mol. The number of likely N-dealkylation sites (tertiary alicyclic amines) is 1. The van der Waals surface area contributed by atoms with Crippen molar-refractivity contribution in [1.82, 2.24) is 20.4 Å². The minimum Gasteiger partial charge on any atom is -0.356 e. The van der Waals surface area contributed by atoms with E-state index in [1.54, 1.807) is 0 Å². The molecule has 2 aromatic carbocycles. The molecule has 33 heavy (non-hydrogen) atoms. The first-order chi connectivity index (χ1) is 15.9. The van der Waals surface area contributed by atoms with E-state index in [0.29, 0.717) is 38.9 Å². The average Bonchev–Trinajstić information content (AvgIpc) is 3.40. The largest absolute Gasteiger partial charge is 0.356 e. The van der Waals surface area contributed by atoms with Gasteiger partial charge in [-0.05, 0) is 50.3 Å². The summed E-state index contributed by atoms with van der Waals surface area (Å²) >= 11 is 0. The number of amides is 2. The van der Waals surface area contributed by atoms with Gasteiger partial charge in [0.2, 0.25) is 11.8 Å². The third-order valence-electron chi connectivity index (χ3n) is 6.77. The van der Waals surface area contributed by atoms with E-state index in [-0.39, 0.29) is 11.8 Å². The number of carbonyl (C=O) groups excluding carboxylic acids is 2. The number of nitrogens with one attached hydrogen (secondary N) is 2. The number of aromatic nitrogens is 2. The van der Waals surface area contributed by atoms with E-state index in [2.05, 4.69) is 39.8 Å². The van der Waals surface area contributed by atoms with Gasteiger partial charge in [0.05, 0.1) is 17.5 Å². The maximum absolute atomic E-state index is 13.3. The van der Waals surface area contributed by atoms with Crippen LogP contribution in [0.15, 0.2) is 54.6 Å². The van der Waals surface area contributed by atoms with Crippen molar-refractivity contribution in [2.45, 2.75) is 40.0 Å². The molecule has 1 aliphatic rings. The Morgan fingerprint density at radius 2 is 1.82 bits per heavy atom. The zero-order chi connectivity index (χ0) is 23.4. The molecule has 0 unspecified atom stereocenters. The molecule has 6 heteroatoms. The van der Waals surface area contributed by atoms with Crippen LogP contribution in [0, 0.1) is 19.3 Å². The summed E-state index contributed by atoms with van der Waals surface area (Å²) in [5.41, 5.74) is 5.48. The minimum absolute atomic E-state index is 0.0267. The molecule has 0 radical (unpaired) electrons. The summed E-state index contributed by atoms with van der Waals surface area (Å²) in [6.45, 7) is 7.37. The fourth-order valence-corrected chi connectivity index (χ4v) is 4.88. The van der Waals surface area contributed by atoms with Crippen LogP contribution in [0.3, 0.4) is 0 Å². The molecular weight excluding hydrogens is 412 g/mol. The second-order valence-electron chi connectivity index (χ2n) is 8.99. The smallest absolute Gasteiger partial charge is 0.228 e. The lowest BCUT2D eigenvalue weighted by Gasteiger charge is -2.29. The van der Waals surface area contributed by atoms with Gasteiger partial charge in [-0.15, -0.1) is 0 Å². The lowest BCUT2D eigenvalue weighted by Crippen LogP contribution is -2.45. The van der Waals surface area contributed by atoms with E-state index in [0.717, 1.165) is 33.6 Å². The fourth-order valence-electron chi connectivity index (χ4n) is 4.88. The lowest BCUT2D eigenvalue weighted by atomic mass is 9.78. The number of aryl methyl sites for hydroxylation is 2. The zero-order valence-electron chi connectivity index (χ0n) is 19.6. The standard InChI is InChI=1S/C27H32N4O2/c1-4-28-26(33)27(17-22-12-8-9-13-23(22)21-10-6-5-7-11-21)14-15-31(18-27)25(32)16-24-19(2)29-30-20(24)3/h5-13H,4,14-18H2,1-3H3,(H,28,33)(H,29,30)/t27-/m0/s1. The molecule has 172 valence electrons. The van der Waals surface area contributed by atoms with Gasteiger partial charge in [-0.1, -0.05) is 54.6 Å². The van der Waals surface area contributed by atoms with Crippen molar-refractivity contribution in [2.24, 2.45) is 5.41 Å². The van der Waals surface area contributed by atoms with Gasteiger partial charge >= 0.3 is 0 Å². The normalized spacial score (nSPS) is 17.8. The number of hydrogen-bond acceptors (Lipinski definition) is 3. The lowest BCUT2D eigenvalue weighted by molar-refractivity contribution is -0.132. The van der Waals surface area contributed by atoms with Gasteiger partial charge in [0, 0.05) is 30.9 Å². The number of carbonyl (C=O) groups is 2. The summed E-state index contributed by atoms with van der Waals surface area (Å²) in [5, 5.41) is 10.2. The van der Waals surface area contributed by atoms with Crippen LogP contribution < -0.4 is 5.32 Å². The van der Waals surface area contributed by atoms with Crippen LogP contribution in [0.1, 0.15) is 35.9 Å². The van der Waals surface area contributed by atoms with Crippen molar-refractivity contribution >= 4 is 11.8 Å². The van der Waals surface area contributed by atoms with Crippen LogP contribution in [-0.2, 0) is 22.4 Å². The van der Waals surface area contributed by atoms with E-state index in [1.165, 1.54) is 0 Å². The maximum atomic E-state index is 13.3. The first-order valence-electron chi connectivity index (χ1n) is 11.6. The second-order valence-corrected chi connectivity index (χ2v) is 8.99. The van der Waals surface area contributed by atoms with Crippen LogP contribution in [0.4, 0.5) is 0 Å². The number of aromatic amines is 1. The highest BCUT2D eigenvalue weighted by molar-refractivity contribution is 5.86. The van der Waals surface area contributed by atoms with Crippen LogP contribution in [0.25, 0.3) is 11.1 Å². The number of nitrogens with zero attached hydrogens (tertiary/aromatic N) is 2. The van der Waals surface area contributed by atoms with Crippen molar-refractivity contribution in [1.29, 1.82) is 0 Å². The Morgan fingerprint density at radius 3 is 2.52 bits per heavy atom. The van der Waals surface area contributed by atoms with Crippen LogP contribution in [0.2, 0.25) is 0 Å². The Bertz CT molecular complexity index is 1120. The molecule has 0 spiro atoms. The zero-order valence-corrected chi connectivity index (χ0v) is 19.6. The summed E-state index contributed by atoms with van der Waals surface area (Å²) in [6.07, 6.45) is 1.55. The summed E-state index contributed by atoms with van der Waals surface area (Å²) < 4.78 is 0. The van der Waals surface area contributed by atoms with Crippen molar-refractivity contribution in [3.8, 4) is 11.1 Å². The molecule has 4 rings (SSSR count). The van der Waals surface area contributed by atoms with Gasteiger partial charge in [0.25, 0.3) is 0 Å². The van der Waals surface area contributed by atoms with E-state index in [1.807, 2.05) is 56.0 Å². The number of hydrogen-bond donors (Lipinski definition) is 2. The molecule has 2 N–H and O–H groups in total. The molecule has 0 bridgehead atoms. The highest BCUT2D eigenvalue weighted by Gasteiger charge is 2.46. The minimum atomic E-state index is -0.642. The topological polar surface area (TPSA) is 78.1 Å². The van der Waals surface area contributed by atoms with E-state index >= 15 is 0 Å². The first kappa shape index (κ1) is 22.8. The Hall–Kier alpha value is -3.41. The summed E-state index contributed by atoms with van der Waals surface area (Å²) in [5.74, 6) is 0.0731. The predicted octanol–water partition coefficient (Wildman–Crippen LogP) is 3.83. The number of H-pyrrole nitrogens is 1. The third-order valence-corrected chi connectivity index (χ3v) is 6.77. The summed E-state index contributed by atoms with van der Waals surface area (Å²) in [6, 6.07) is 18.5. The van der Waals surface area contributed by atoms with Crippen LogP contribution in [-0.4, -0.2) is 46.5 Å². The Labute approximate surface area is 195 Å². The second kappa shape index (κ2) is 9.61. The average molecular weight is 445 g/mol. The number of benzene rings is 2. The van der Waals surface area contributed by atoms with E-state index in [9.17, 15) is 9.59 Å². The van der Waals surface area contributed by atoms with Crippen molar-refractivity contribution < 1.29 is 9.59 Å². The highest BCUT2D eigenvalue weighted by atomic mass is 16.2. The molecule has 2 amide bonds. The molecule has 1 fully saturated rings. The monoisotopic (exact) mass is 444 g/mol. The van der Waals surface area contributed by atoms with E-state index < -0.39 is 5.41 Å². The molecule has 1 saturated heterocycles. The van der Waals surface area contributed by atoms with Gasteiger partial charge in [0.1, 0.15) is 0 Å². The molecule has 0 aliphatic carbocycles. The van der Waals surface area contributed by atoms with Gasteiger partial charge < -0.3 is 10.2 Å². The van der Waals surface area contributed by atoms with Crippen molar-refractivity contribution in [3.63, 3.8) is 0 Å². The van der Waals surface area contributed by atoms with Gasteiger partial charge in [-0.3, -0.25) is 14.7 Å². The maximum Gasteiger partial charge on any atom is 0.228 e. The summed E-state index contributed by atoms with van der Waals surface area (Å²) in [7, 11) is 0. The first-order valence-corrected chi connectivity index (χ1v) is 11.6. The molecular formula is C27H32N4O2. The Morgan fingerprint density at radius 1 is 1.09 bits per heavy atom. The molecule has 3 aromatic rings. The molecule has 1 atom stereocenters. The SMILES string of the molecule is CCNC(=O)[C@]1(Cc2ccccc2-c2ccccc2)CCN(C(=O)Cc2c(C)n[nH]c2C)C1. The Balaban J connectivity index is 1.60. The van der Waals surface area contributed by atoms with Gasteiger partial charge in [-0.25, -0.2) is 0 Å². The molecule has 1 aliphatic heterocycles. The molecule has 6 nitrogen and oxygen atoms in total. The van der Waals surface area contributed by atoms with Crippen molar-refractivity contribution in [2.75, 3.05) is 19.6 Å². The van der Waals surface area contributed by atoms with Crippen LogP contribution in [0.5, 0.6) is 0 Å². The quantitative estimate of drug-likeness (QED) is 0.581. The van der Waals surface area contributed by atoms with Crippen molar-refractivity contribution in [3.05, 3.63) is 77.1 Å². The van der Waals surface area contributed by atoms with E-state index in [4.69, 9.17) is 0 Å². The molecule has 0 saturated carbocycles. The highest BCUT2D eigenvalue weighted by Crippen LogP contribution is 2.38. The third kappa shape index (κ3) is 4.70. The molecule has 1 aromatic heterocycles. The van der Waals surface area contributed by atoms with Gasteiger partial charge in [0.15, 0.2) is 0 Å². The number of rotatable bonds is 7. The summed E-state index contributed by atoms with van der Waals surface area (Å²) in [4.78, 5) is 28.4. The fraction of sp³-hybridized carbons (Fsp3) is 0.370.